The molecular formula is C51H34N2O. The molecule has 0 saturated carbocycles. The Morgan fingerprint density at radius 1 is 0.463 bits per heavy atom. The highest BCUT2D eigenvalue weighted by atomic mass is 16.3. The number of nitrogens with zero attached hydrogens (tertiary/aromatic N) is 1. The molecule has 1 N–H and O–H groups in total. The largest absolute Gasteiger partial charge is 0.458 e. The monoisotopic (exact) mass is 690 g/mol. The van der Waals surface area contributed by atoms with Crippen LogP contribution in [0.2, 0.25) is 0 Å². The third kappa shape index (κ3) is 4.83. The second kappa shape index (κ2) is 12.3. The molecule has 10 aromatic rings. The Morgan fingerprint density at radius 3 is 1.52 bits per heavy atom. The molecule has 254 valence electrons. The molecule has 1 aromatic heterocycles. The molecule has 0 atom stereocenters. The zero-order chi connectivity index (χ0) is 35.6. The van der Waals surface area contributed by atoms with Crippen LogP contribution in [-0.2, 0) is 6.54 Å². The van der Waals surface area contributed by atoms with Gasteiger partial charge in [-0.3, -0.25) is 0 Å². The molecule has 3 heteroatoms. The standard InChI is InChI=1S/C51H34N2O/c1-3-12-39-35(10-1)30-46(43-16-7-5-14-41(39)43)33-20-24-37(25-21-33)53(48-18-9-19-49-51(48)45-28-29-52-32-50(45)54-49)38-26-22-34(23-27-38)47-31-36-11-2-4-13-40(36)42-15-6-8-17-44(42)47/h1-31,52H,32H2. The summed E-state index contributed by atoms with van der Waals surface area (Å²) in [5.74, 6) is 0.956. The van der Waals surface area contributed by atoms with Gasteiger partial charge in [-0.2, -0.15) is 0 Å². The van der Waals surface area contributed by atoms with Crippen LogP contribution in [-0.4, -0.2) is 0 Å². The quantitative estimate of drug-likeness (QED) is 0.182. The van der Waals surface area contributed by atoms with E-state index in [4.69, 9.17) is 4.42 Å². The predicted octanol–water partition coefficient (Wildman–Crippen LogP) is 13.9. The Morgan fingerprint density at radius 2 is 0.963 bits per heavy atom. The fourth-order valence-electron chi connectivity index (χ4n) is 8.58. The predicted molar refractivity (Wildman–Crippen MR) is 228 cm³/mol. The Balaban J connectivity index is 1.08. The van der Waals surface area contributed by atoms with Crippen LogP contribution in [0.4, 0.5) is 17.1 Å². The van der Waals surface area contributed by atoms with Crippen molar-refractivity contribution in [3.8, 4) is 22.3 Å². The third-order valence-corrected chi connectivity index (χ3v) is 11.1. The lowest BCUT2D eigenvalue weighted by molar-refractivity contribution is 0.532. The van der Waals surface area contributed by atoms with Crippen molar-refractivity contribution in [1.82, 2.24) is 5.32 Å². The van der Waals surface area contributed by atoms with Gasteiger partial charge >= 0.3 is 0 Å². The van der Waals surface area contributed by atoms with Crippen molar-refractivity contribution in [2.75, 3.05) is 4.90 Å². The van der Waals surface area contributed by atoms with Gasteiger partial charge in [-0.15, -0.1) is 0 Å². The van der Waals surface area contributed by atoms with E-state index < -0.39 is 0 Å². The number of hydrogen-bond donors (Lipinski definition) is 1. The highest BCUT2D eigenvalue weighted by Gasteiger charge is 2.23. The Bertz CT molecular complexity index is 2940. The number of anilines is 3. The summed E-state index contributed by atoms with van der Waals surface area (Å²) in [5, 5.41) is 14.5. The van der Waals surface area contributed by atoms with Crippen molar-refractivity contribution >= 4 is 77.2 Å². The van der Waals surface area contributed by atoms with Crippen LogP contribution < -0.4 is 10.2 Å². The Labute approximate surface area is 313 Å². The van der Waals surface area contributed by atoms with Gasteiger partial charge in [0, 0.05) is 16.9 Å². The van der Waals surface area contributed by atoms with Gasteiger partial charge in [0.15, 0.2) is 0 Å². The van der Waals surface area contributed by atoms with Crippen molar-refractivity contribution < 1.29 is 4.42 Å². The van der Waals surface area contributed by atoms with Gasteiger partial charge in [0.25, 0.3) is 0 Å². The molecule has 1 aliphatic rings. The van der Waals surface area contributed by atoms with Gasteiger partial charge in [0.2, 0.25) is 0 Å². The molecule has 0 spiro atoms. The minimum atomic E-state index is 0.669. The molecule has 54 heavy (non-hydrogen) atoms. The first kappa shape index (κ1) is 30.5. The molecule has 0 aliphatic carbocycles. The lowest BCUT2D eigenvalue weighted by atomic mass is 9.93. The highest BCUT2D eigenvalue weighted by molar-refractivity contribution is 6.15. The first-order valence-electron chi connectivity index (χ1n) is 18.5. The maximum atomic E-state index is 6.42. The van der Waals surface area contributed by atoms with Gasteiger partial charge in [-0.25, -0.2) is 0 Å². The molecule has 0 bridgehead atoms. The summed E-state index contributed by atoms with van der Waals surface area (Å²) in [6, 6.07) is 64.0. The molecule has 0 radical (unpaired) electrons. The molecular weight excluding hydrogens is 657 g/mol. The van der Waals surface area contributed by atoms with E-state index in [1.54, 1.807) is 0 Å². The molecule has 1 aliphatic heterocycles. The van der Waals surface area contributed by atoms with Crippen LogP contribution >= 0.6 is 0 Å². The fraction of sp³-hybridized carbons (Fsp3) is 0.0196. The molecule has 2 heterocycles. The van der Waals surface area contributed by atoms with E-state index in [0.717, 1.165) is 39.4 Å². The van der Waals surface area contributed by atoms with Crippen molar-refractivity contribution in [1.29, 1.82) is 0 Å². The van der Waals surface area contributed by atoms with E-state index in [9.17, 15) is 0 Å². The van der Waals surface area contributed by atoms with Gasteiger partial charge in [-0.1, -0.05) is 127 Å². The summed E-state index contributed by atoms with van der Waals surface area (Å²) in [6.45, 7) is 0.669. The van der Waals surface area contributed by atoms with E-state index in [0.29, 0.717) is 6.54 Å². The zero-order valence-corrected chi connectivity index (χ0v) is 29.5. The van der Waals surface area contributed by atoms with E-state index >= 15 is 0 Å². The van der Waals surface area contributed by atoms with Crippen LogP contribution in [0.5, 0.6) is 0 Å². The van der Waals surface area contributed by atoms with E-state index in [2.05, 4.69) is 192 Å². The maximum absolute atomic E-state index is 6.42. The van der Waals surface area contributed by atoms with Gasteiger partial charge in [-0.05, 0) is 126 Å². The number of hydrogen-bond acceptors (Lipinski definition) is 3. The zero-order valence-electron chi connectivity index (χ0n) is 29.5. The minimum Gasteiger partial charge on any atom is -0.458 e. The van der Waals surface area contributed by atoms with Crippen LogP contribution in [0, 0.1) is 0 Å². The maximum Gasteiger partial charge on any atom is 0.137 e. The van der Waals surface area contributed by atoms with Crippen molar-refractivity contribution in [3.63, 3.8) is 0 Å². The van der Waals surface area contributed by atoms with Gasteiger partial charge in [0.1, 0.15) is 11.3 Å². The molecule has 9 aromatic carbocycles. The summed E-state index contributed by atoms with van der Waals surface area (Å²) in [6.07, 6.45) is 4.15. The lowest BCUT2D eigenvalue weighted by Crippen LogP contribution is -2.11. The third-order valence-electron chi connectivity index (χ3n) is 11.1. The second-order valence-corrected chi connectivity index (χ2v) is 14.1. The second-order valence-electron chi connectivity index (χ2n) is 14.1. The SMILES string of the molecule is C1=Cc2c(oc3cccc(N(c4ccc(-c5cc6ccccc6c6ccccc56)cc4)c4ccc(-c5cc6ccccc6c6ccccc56)cc4)c23)CN1. The molecule has 0 amide bonds. The summed E-state index contributed by atoms with van der Waals surface area (Å²) < 4.78 is 6.42. The topological polar surface area (TPSA) is 28.4 Å². The first-order chi connectivity index (χ1) is 26.8. The number of rotatable bonds is 5. The van der Waals surface area contributed by atoms with E-state index in [1.165, 1.54) is 65.3 Å². The number of benzene rings is 9. The highest BCUT2D eigenvalue weighted by Crippen LogP contribution is 2.45. The summed E-state index contributed by atoms with van der Waals surface area (Å²) in [7, 11) is 0. The lowest BCUT2D eigenvalue weighted by Gasteiger charge is -2.27. The van der Waals surface area contributed by atoms with E-state index in [-0.39, 0.29) is 0 Å². The minimum absolute atomic E-state index is 0.669. The van der Waals surface area contributed by atoms with Crippen LogP contribution in [0.3, 0.4) is 0 Å². The summed E-state index contributed by atoms with van der Waals surface area (Å²) in [4.78, 5) is 2.37. The molecule has 3 nitrogen and oxygen atoms in total. The molecule has 0 unspecified atom stereocenters. The van der Waals surface area contributed by atoms with Crippen molar-refractivity contribution in [2.45, 2.75) is 6.54 Å². The normalized spacial score (nSPS) is 12.4. The molecule has 0 fully saturated rings. The summed E-state index contributed by atoms with van der Waals surface area (Å²) >= 11 is 0. The van der Waals surface area contributed by atoms with E-state index in [1.807, 2.05) is 6.20 Å². The average Bonchev–Trinajstić information content (AvgIpc) is 3.63. The summed E-state index contributed by atoms with van der Waals surface area (Å²) in [5.41, 5.74) is 10.1. The number of fused-ring (bicyclic) bond motifs is 9. The van der Waals surface area contributed by atoms with Gasteiger partial charge in [0.05, 0.1) is 17.6 Å². The van der Waals surface area contributed by atoms with Crippen LogP contribution in [0.1, 0.15) is 11.3 Å². The smallest absolute Gasteiger partial charge is 0.137 e. The number of furan rings is 1. The van der Waals surface area contributed by atoms with Gasteiger partial charge < -0.3 is 14.6 Å². The molecule has 11 rings (SSSR count). The average molecular weight is 691 g/mol. The van der Waals surface area contributed by atoms with Crippen LogP contribution in [0.15, 0.2) is 187 Å². The van der Waals surface area contributed by atoms with Crippen molar-refractivity contribution in [2.24, 2.45) is 0 Å². The molecule has 0 saturated heterocycles. The Hall–Kier alpha value is -7.10. The van der Waals surface area contributed by atoms with Crippen molar-refractivity contribution in [3.05, 3.63) is 193 Å². The fourth-order valence-corrected chi connectivity index (χ4v) is 8.58. The number of nitrogens with one attached hydrogen (secondary N) is 1. The Kier molecular flexibility index (Phi) is 6.93. The van der Waals surface area contributed by atoms with Crippen LogP contribution in [0.25, 0.3) is 82.4 Å². The first-order valence-corrected chi connectivity index (χ1v) is 18.5.